The molecule has 0 aliphatic heterocycles. The van der Waals surface area contributed by atoms with Crippen LogP contribution in [0.1, 0.15) is 32.6 Å². The summed E-state index contributed by atoms with van der Waals surface area (Å²) in [6.45, 7) is 0.943. The molecule has 0 aliphatic rings. The molecule has 14 heteroatoms. The van der Waals surface area contributed by atoms with Crippen molar-refractivity contribution in [3.63, 3.8) is 0 Å². The van der Waals surface area contributed by atoms with Gasteiger partial charge in [-0.15, -0.1) is 0 Å². The van der Waals surface area contributed by atoms with Gasteiger partial charge >= 0.3 is 11.9 Å². The van der Waals surface area contributed by atoms with Crippen LogP contribution in [0.3, 0.4) is 0 Å². The van der Waals surface area contributed by atoms with Crippen LogP contribution in [-0.2, 0) is 24.0 Å². The van der Waals surface area contributed by atoms with Gasteiger partial charge in [-0.1, -0.05) is 0 Å². The predicted molar refractivity (Wildman–Crippen MR) is 105 cm³/mol. The lowest BCUT2D eigenvalue weighted by molar-refractivity contribution is -0.140. The average Bonchev–Trinajstić information content (AvgIpc) is 2.65. The number of nitrogens with two attached hydrogens (primary N) is 3. The molecule has 3 amide bonds. The van der Waals surface area contributed by atoms with E-state index in [0.29, 0.717) is 6.42 Å². The maximum absolute atomic E-state index is 12.3. The van der Waals surface area contributed by atoms with Crippen LogP contribution in [0.25, 0.3) is 0 Å². The lowest BCUT2D eigenvalue weighted by atomic mass is 10.1. The molecule has 14 nitrogen and oxygen atoms in total. The van der Waals surface area contributed by atoms with Crippen LogP contribution in [0.2, 0.25) is 0 Å². The Balaban J connectivity index is 4.74. The lowest BCUT2D eigenvalue weighted by Gasteiger charge is -2.21. The first-order valence-electron chi connectivity index (χ1n) is 9.07. The number of hydrogen-bond acceptors (Lipinski definition) is 7. The van der Waals surface area contributed by atoms with E-state index < -0.39 is 60.8 Å². The van der Waals surface area contributed by atoms with Crippen molar-refractivity contribution in [3.8, 4) is 0 Å². The molecule has 11 N–H and O–H groups in total. The molecule has 0 bridgehead atoms. The Morgan fingerprint density at radius 3 is 2.10 bits per heavy atom. The summed E-state index contributed by atoms with van der Waals surface area (Å²) in [7, 11) is 0. The first-order chi connectivity index (χ1) is 13.9. The lowest BCUT2D eigenvalue weighted by Crippen LogP contribution is -2.55. The molecule has 0 aromatic rings. The highest BCUT2D eigenvalue weighted by molar-refractivity contribution is 5.93. The quantitative estimate of drug-likeness (QED) is 0.0762. The van der Waals surface area contributed by atoms with E-state index in [9.17, 15) is 24.0 Å². The molecular formula is C16H29N7O7. The van der Waals surface area contributed by atoms with Crippen LogP contribution in [0.15, 0.2) is 4.99 Å². The third-order valence-electron chi connectivity index (χ3n) is 3.75. The number of rotatable bonds is 14. The van der Waals surface area contributed by atoms with Gasteiger partial charge in [0, 0.05) is 13.0 Å². The fourth-order valence-electron chi connectivity index (χ4n) is 2.16. The molecule has 0 radical (unpaired) electrons. The summed E-state index contributed by atoms with van der Waals surface area (Å²) in [5, 5.41) is 24.1. The smallest absolute Gasteiger partial charge is 0.322 e. The minimum absolute atomic E-state index is 0.0804. The molecule has 30 heavy (non-hydrogen) atoms. The third-order valence-corrected chi connectivity index (χ3v) is 3.75. The highest BCUT2D eigenvalue weighted by atomic mass is 16.4. The van der Waals surface area contributed by atoms with E-state index in [1.165, 1.54) is 6.92 Å². The number of aliphatic carboxylic acids is 2. The number of carbonyl (C=O) groups excluding carboxylic acids is 3. The molecule has 0 fully saturated rings. The zero-order chi connectivity index (χ0) is 23.3. The molecular weight excluding hydrogens is 402 g/mol. The zero-order valence-electron chi connectivity index (χ0n) is 16.6. The second-order valence-electron chi connectivity index (χ2n) is 6.39. The van der Waals surface area contributed by atoms with Crippen molar-refractivity contribution in [2.24, 2.45) is 22.2 Å². The highest BCUT2D eigenvalue weighted by Gasteiger charge is 2.26. The van der Waals surface area contributed by atoms with E-state index >= 15 is 0 Å². The van der Waals surface area contributed by atoms with Crippen LogP contribution in [-0.4, -0.2) is 77.0 Å². The van der Waals surface area contributed by atoms with Gasteiger partial charge in [0.2, 0.25) is 17.7 Å². The number of hydrogen-bond donors (Lipinski definition) is 8. The standard InChI is InChI=1S/C16H29N7O7/c1-8(22-14(29)9(17)3-2-6-20-16(18)19)13(28)23-10(4-5-11(24)25)15(30)21-7-12(26)27/h8-10H,2-7,17H2,1H3,(H,21,30)(H,22,29)(H,23,28)(H,24,25)(H,26,27)(H4,18,19,20). The van der Waals surface area contributed by atoms with Gasteiger partial charge in [0.05, 0.1) is 6.04 Å². The van der Waals surface area contributed by atoms with Crippen LogP contribution < -0.4 is 33.2 Å². The summed E-state index contributed by atoms with van der Waals surface area (Å²) < 4.78 is 0. The minimum Gasteiger partial charge on any atom is -0.481 e. The Labute approximate surface area is 172 Å². The summed E-state index contributed by atoms with van der Waals surface area (Å²) in [6, 6.07) is -3.29. The molecule has 0 aromatic heterocycles. The number of carboxylic acid groups (broad SMARTS) is 2. The van der Waals surface area contributed by atoms with Crippen molar-refractivity contribution in [2.45, 2.75) is 50.7 Å². The number of nitrogens with zero attached hydrogens (tertiary/aromatic N) is 1. The highest BCUT2D eigenvalue weighted by Crippen LogP contribution is 2.01. The molecule has 0 saturated heterocycles. The molecule has 3 unspecified atom stereocenters. The maximum atomic E-state index is 12.3. The van der Waals surface area contributed by atoms with Gasteiger partial charge in [-0.25, -0.2) is 0 Å². The minimum atomic E-state index is -1.30. The molecule has 0 aromatic carbocycles. The zero-order valence-corrected chi connectivity index (χ0v) is 16.6. The van der Waals surface area contributed by atoms with Crippen molar-refractivity contribution < 1.29 is 34.2 Å². The summed E-state index contributed by atoms with van der Waals surface area (Å²) in [4.78, 5) is 61.4. The normalized spacial score (nSPS) is 13.3. The van der Waals surface area contributed by atoms with Gasteiger partial charge in [0.25, 0.3) is 0 Å². The van der Waals surface area contributed by atoms with Gasteiger partial charge in [-0.05, 0) is 26.2 Å². The van der Waals surface area contributed by atoms with Gasteiger partial charge in [0.15, 0.2) is 5.96 Å². The summed E-state index contributed by atoms with van der Waals surface area (Å²) in [5.74, 6) is -4.82. The predicted octanol–water partition coefficient (Wildman–Crippen LogP) is -3.58. The van der Waals surface area contributed by atoms with Crippen molar-refractivity contribution in [1.29, 1.82) is 0 Å². The third kappa shape index (κ3) is 12.1. The fourth-order valence-corrected chi connectivity index (χ4v) is 2.16. The summed E-state index contributed by atoms with van der Waals surface area (Å²) >= 11 is 0. The van der Waals surface area contributed by atoms with Crippen LogP contribution >= 0.6 is 0 Å². The molecule has 0 rings (SSSR count). The number of carboxylic acids is 2. The molecule has 0 spiro atoms. The van der Waals surface area contributed by atoms with Crippen molar-refractivity contribution in [1.82, 2.24) is 16.0 Å². The van der Waals surface area contributed by atoms with E-state index in [1.54, 1.807) is 0 Å². The van der Waals surface area contributed by atoms with Crippen LogP contribution in [0, 0.1) is 0 Å². The Kier molecular flexibility index (Phi) is 12.1. The summed E-state index contributed by atoms with van der Waals surface area (Å²) in [6.07, 6.45) is -0.00575. The van der Waals surface area contributed by atoms with Gasteiger partial charge in [-0.3, -0.25) is 29.0 Å². The second kappa shape index (κ2) is 13.7. The van der Waals surface area contributed by atoms with Crippen LogP contribution in [0.5, 0.6) is 0 Å². The molecule has 0 heterocycles. The fraction of sp³-hybridized carbons (Fsp3) is 0.625. The average molecular weight is 431 g/mol. The largest absolute Gasteiger partial charge is 0.481 e. The van der Waals surface area contributed by atoms with E-state index in [0.717, 1.165) is 0 Å². The van der Waals surface area contributed by atoms with E-state index in [1.807, 2.05) is 0 Å². The van der Waals surface area contributed by atoms with E-state index in [2.05, 4.69) is 20.9 Å². The molecule has 0 aliphatic carbocycles. The van der Waals surface area contributed by atoms with Gasteiger partial charge in [-0.2, -0.15) is 0 Å². The number of amides is 3. The number of carbonyl (C=O) groups is 5. The van der Waals surface area contributed by atoms with Crippen molar-refractivity contribution in [2.75, 3.05) is 13.1 Å². The molecule has 170 valence electrons. The van der Waals surface area contributed by atoms with Crippen LogP contribution in [0.4, 0.5) is 0 Å². The maximum Gasteiger partial charge on any atom is 0.322 e. The Morgan fingerprint density at radius 1 is 0.933 bits per heavy atom. The summed E-state index contributed by atoms with van der Waals surface area (Å²) in [5.41, 5.74) is 16.1. The Hall–Kier alpha value is -3.42. The SMILES string of the molecule is CC(NC(=O)C(N)CCCN=C(N)N)C(=O)NC(CCC(=O)O)C(=O)NCC(=O)O. The van der Waals surface area contributed by atoms with E-state index in [-0.39, 0.29) is 25.3 Å². The first-order valence-corrected chi connectivity index (χ1v) is 9.07. The monoisotopic (exact) mass is 431 g/mol. The molecule has 0 saturated carbocycles. The Morgan fingerprint density at radius 2 is 1.57 bits per heavy atom. The first kappa shape index (κ1) is 26.6. The molecule has 3 atom stereocenters. The van der Waals surface area contributed by atoms with Crippen molar-refractivity contribution >= 4 is 35.6 Å². The number of guanidine groups is 1. The van der Waals surface area contributed by atoms with Gasteiger partial charge in [0.1, 0.15) is 18.6 Å². The topological polar surface area (TPSA) is 252 Å². The second-order valence-corrected chi connectivity index (χ2v) is 6.39. The van der Waals surface area contributed by atoms with E-state index in [4.69, 9.17) is 27.4 Å². The Bertz CT molecular complexity index is 664. The van der Waals surface area contributed by atoms with Gasteiger partial charge < -0.3 is 43.4 Å². The number of aliphatic imine (C=N–C) groups is 1. The number of nitrogens with one attached hydrogen (secondary N) is 3. The van der Waals surface area contributed by atoms with Crippen molar-refractivity contribution in [3.05, 3.63) is 0 Å².